The summed E-state index contributed by atoms with van der Waals surface area (Å²) in [7, 11) is 3.53. The second kappa shape index (κ2) is 7.45. The van der Waals surface area contributed by atoms with Gasteiger partial charge in [0.2, 0.25) is 5.01 Å². The van der Waals surface area contributed by atoms with Crippen molar-refractivity contribution in [2.45, 2.75) is 10.9 Å². The maximum atomic E-state index is 12.2. The molecule has 7 nitrogen and oxygen atoms in total. The van der Waals surface area contributed by atoms with Crippen molar-refractivity contribution >= 4 is 34.7 Å². The Morgan fingerprint density at radius 1 is 1.33 bits per heavy atom. The number of aromatic nitrogens is 4. The van der Waals surface area contributed by atoms with Crippen LogP contribution >= 0.6 is 23.1 Å². The van der Waals surface area contributed by atoms with E-state index in [0.29, 0.717) is 16.4 Å². The van der Waals surface area contributed by atoms with Crippen LogP contribution in [0.15, 0.2) is 41.8 Å². The lowest BCUT2D eigenvalue weighted by Gasteiger charge is -2.03. The summed E-state index contributed by atoms with van der Waals surface area (Å²) in [4.78, 5) is 16.4. The highest BCUT2D eigenvalue weighted by atomic mass is 32.2. The third-order valence-corrected chi connectivity index (χ3v) is 5.28. The third kappa shape index (κ3) is 3.92. The van der Waals surface area contributed by atoms with Gasteiger partial charge < -0.3 is 14.6 Å². The van der Waals surface area contributed by atoms with Gasteiger partial charge in [0.05, 0.1) is 12.9 Å². The SMILES string of the molecule is COc1ccc(NC(=O)c2nnc(CSc3nccn3C)s2)cc1. The number of thioether (sulfide) groups is 1. The van der Waals surface area contributed by atoms with Crippen LogP contribution in [0, 0.1) is 0 Å². The number of methoxy groups -OCH3 is 1. The summed E-state index contributed by atoms with van der Waals surface area (Å²) in [5, 5.41) is 12.8. The summed E-state index contributed by atoms with van der Waals surface area (Å²) >= 11 is 2.83. The lowest BCUT2D eigenvalue weighted by molar-refractivity contribution is 0.102. The monoisotopic (exact) mass is 361 g/mol. The number of imidazole rings is 1. The molecular formula is C15H15N5O2S2. The molecule has 0 aliphatic rings. The zero-order valence-corrected chi connectivity index (χ0v) is 14.7. The van der Waals surface area contributed by atoms with E-state index in [4.69, 9.17) is 4.74 Å². The quantitative estimate of drug-likeness (QED) is 0.680. The molecule has 0 aliphatic heterocycles. The van der Waals surface area contributed by atoms with Gasteiger partial charge >= 0.3 is 0 Å². The fraction of sp³-hybridized carbons (Fsp3) is 0.200. The Labute approximate surface area is 147 Å². The molecule has 0 saturated heterocycles. The number of carbonyl (C=O) groups excluding carboxylic acids is 1. The minimum Gasteiger partial charge on any atom is -0.497 e. The maximum absolute atomic E-state index is 12.2. The van der Waals surface area contributed by atoms with Crippen molar-refractivity contribution in [2.24, 2.45) is 7.05 Å². The van der Waals surface area contributed by atoms with Crippen molar-refractivity contribution in [3.63, 3.8) is 0 Å². The van der Waals surface area contributed by atoms with Crippen molar-refractivity contribution in [3.8, 4) is 5.75 Å². The van der Waals surface area contributed by atoms with Crippen molar-refractivity contribution < 1.29 is 9.53 Å². The van der Waals surface area contributed by atoms with Crippen LogP contribution in [0.3, 0.4) is 0 Å². The highest BCUT2D eigenvalue weighted by Crippen LogP contribution is 2.23. The predicted molar refractivity (Wildman–Crippen MR) is 93.6 cm³/mol. The molecule has 0 radical (unpaired) electrons. The molecule has 0 spiro atoms. The number of hydrogen-bond acceptors (Lipinski definition) is 7. The van der Waals surface area contributed by atoms with Gasteiger partial charge in [-0.3, -0.25) is 4.79 Å². The first kappa shape index (κ1) is 16.5. The minimum atomic E-state index is -0.272. The number of nitrogens with one attached hydrogen (secondary N) is 1. The Hall–Kier alpha value is -2.39. The van der Waals surface area contributed by atoms with Crippen LogP contribution in [0.25, 0.3) is 0 Å². The zero-order chi connectivity index (χ0) is 16.9. The predicted octanol–water partition coefficient (Wildman–Crippen LogP) is 2.82. The first-order chi connectivity index (χ1) is 11.7. The van der Waals surface area contributed by atoms with Crippen LogP contribution in [-0.4, -0.2) is 32.8 Å². The second-order valence-corrected chi connectivity index (χ2v) is 6.80. The topological polar surface area (TPSA) is 81.9 Å². The molecule has 0 aliphatic carbocycles. The van der Waals surface area contributed by atoms with Crippen molar-refractivity contribution in [1.82, 2.24) is 19.7 Å². The first-order valence-electron chi connectivity index (χ1n) is 7.03. The first-order valence-corrected chi connectivity index (χ1v) is 8.84. The van der Waals surface area contributed by atoms with E-state index in [1.54, 1.807) is 49.3 Å². The average Bonchev–Trinajstić information content (AvgIpc) is 3.22. The average molecular weight is 361 g/mol. The Morgan fingerprint density at radius 2 is 2.12 bits per heavy atom. The van der Waals surface area contributed by atoms with E-state index in [1.807, 2.05) is 17.8 Å². The van der Waals surface area contributed by atoms with E-state index in [9.17, 15) is 4.79 Å². The van der Waals surface area contributed by atoms with E-state index < -0.39 is 0 Å². The van der Waals surface area contributed by atoms with Crippen molar-refractivity contribution in [2.75, 3.05) is 12.4 Å². The second-order valence-electron chi connectivity index (χ2n) is 4.79. The van der Waals surface area contributed by atoms with Crippen molar-refractivity contribution in [1.29, 1.82) is 0 Å². The molecule has 0 bridgehead atoms. The van der Waals surface area contributed by atoms with Gasteiger partial charge in [0.25, 0.3) is 5.91 Å². The molecule has 1 aromatic carbocycles. The van der Waals surface area contributed by atoms with Gasteiger partial charge in [-0.2, -0.15) is 0 Å². The van der Waals surface area contributed by atoms with Crippen LogP contribution in [0.1, 0.15) is 14.8 Å². The van der Waals surface area contributed by atoms with E-state index in [0.717, 1.165) is 15.9 Å². The molecule has 0 atom stereocenters. The summed E-state index contributed by atoms with van der Waals surface area (Å²) in [6, 6.07) is 7.11. The lowest BCUT2D eigenvalue weighted by Crippen LogP contribution is -2.11. The molecule has 9 heteroatoms. The standard InChI is InChI=1S/C15H15N5O2S2/c1-20-8-7-16-15(20)23-9-12-18-19-14(24-12)13(21)17-10-3-5-11(22-2)6-4-10/h3-8H,9H2,1-2H3,(H,17,21). The molecular weight excluding hydrogens is 346 g/mol. The number of carbonyl (C=O) groups is 1. The molecule has 0 saturated carbocycles. The summed E-state index contributed by atoms with van der Waals surface area (Å²) < 4.78 is 7.02. The molecule has 2 aromatic heterocycles. The maximum Gasteiger partial charge on any atom is 0.286 e. The summed E-state index contributed by atoms with van der Waals surface area (Å²) in [5.74, 6) is 1.08. The Balaban J connectivity index is 1.59. The van der Waals surface area contributed by atoms with Gasteiger partial charge in [0, 0.05) is 25.1 Å². The van der Waals surface area contributed by atoms with Crippen LogP contribution in [0.5, 0.6) is 5.75 Å². The molecule has 3 aromatic rings. The van der Waals surface area contributed by atoms with Crippen LogP contribution in [0.4, 0.5) is 5.69 Å². The molecule has 1 N–H and O–H groups in total. The van der Waals surface area contributed by atoms with Gasteiger partial charge in [-0.05, 0) is 24.3 Å². The number of nitrogens with zero attached hydrogens (tertiary/aromatic N) is 4. The molecule has 2 heterocycles. The molecule has 0 fully saturated rings. The summed E-state index contributed by atoms with van der Waals surface area (Å²) in [6.45, 7) is 0. The van der Waals surface area contributed by atoms with Crippen molar-refractivity contribution in [3.05, 3.63) is 46.7 Å². The number of hydrogen-bond donors (Lipinski definition) is 1. The lowest BCUT2D eigenvalue weighted by atomic mass is 10.3. The van der Waals surface area contributed by atoms with Gasteiger partial charge in [0.15, 0.2) is 5.16 Å². The van der Waals surface area contributed by atoms with Gasteiger partial charge in [-0.1, -0.05) is 23.1 Å². The molecule has 3 rings (SSSR count). The van der Waals surface area contributed by atoms with E-state index in [2.05, 4.69) is 20.5 Å². The molecule has 24 heavy (non-hydrogen) atoms. The third-order valence-electron chi connectivity index (χ3n) is 3.11. The largest absolute Gasteiger partial charge is 0.497 e. The molecule has 1 amide bonds. The van der Waals surface area contributed by atoms with E-state index in [1.165, 1.54) is 11.3 Å². The molecule has 0 unspecified atom stereocenters. The number of rotatable bonds is 6. The van der Waals surface area contributed by atoms with Crippen LogP contribution in [0.2, 0.25) is 0 Å². The van der Waals surface area contributed by atoms with E-state index in [-0.39, 0.29) is 5.91 Å². The van der Waals surface area contributed by atoms with E-state index >= 15 is 0 Å². The Bertz CT molecular complexity index is 829. The highest BCUT2D eigenvalue weighted by molar-refractivity contribution is 7.98. The Morgan fingerprint density at radius 3 is 2.79 bits per heavy atom. The molecule has 124 valence electrons. The van der Waals surface area contributed by atoms with Gasteiger partial charge in [-0.15, -0.1) is 10.2 Å². The number of aryl methyl sites for hydroxylation is 1. The van der Waals surface area contributed by atoms with Crippen LogP contribution < -0.4 is 10.1 Å². The fourth-order valence-corrected chi connectivity index (χ4v) is 3.53. The minimum absolute atomic E-state index is 0.272. The number of anilines is 1. The number of ether oxygens (including phenoxy) is 1. The Kier molecular flexibility index (Phi) is 5.11. The highest BCUT2D eigenvalue weighted by Gasteiger charge is 2.14. The zero-order valence-electron chi connectivity index (χ0n) is 13.1. The smallest absolute Gasteiger partial charge is 0.286 e. The van der Waals surface area contributed by atoms with Crippen LogP contribution in [-0.2, 0) is 12.8 Å². The summed E-state index contributed by atoms with van der Waals surface area (Å²) in [6.07, 6.45) is 3.63. The van der Waals surface area contributed by atoms with Gasteiger partial charge in [-0.25, -0.2) is 4.98 Å². The number of amides is 1. The van der Waals surface area contributed by atoms with Gasteiger partial charge in [0.1, 0.15) is 10.8 Å². The fourth-order valence-electron chi connectivity index (χ4n) is 1.88. The number of benzene rings is 1. The normalized spacial score (nSPS) is 10.6. The summed E-state index contributed by atoms with van der Waals surface area (Å²) in [5.41, 5.74) is 0.680.